The lowest BCUT2D eigenvalue weighted by Crippen LogP contribution is -1.95. The molecule has 0 aliphatic carbocycles. The number of aromatic nitrogens is 2. The molecule has 16 heavy (non-hydrogen) atoms. The Morgan fingerprint density at radius 2 is 2.25 bits per heavy atom. The van der Waals surface area contributed by atoms with Crippen LogP contribution in [-0.4, -0.2) is 9.38 Å². The Kier molecular flexibility index (Phi) is 2.29. The molecular weight excluding hydrogens is 268 g/mol. The second kappa shape index (κ2) is 3.79. The lowest BCUT2D eigenvalue weighted by atomic mass is 10.3. The van der Waals surface area contributed by atoms with Crippen molar-refractivity contribution < 1.29 is 4.42 Å². The molecule has 3 aromatic rings. The zero-order chi connectivity index (χ0) is 11.0. The van der Waals surface area contributed by atoms with Gasteiger partial charge in [-0.25, -0.2) is 4.98 Å². The van der Waals surface area contributed by atoms with Gasteiger partial charge in [-0.15, -0.1) is 0 Å². The van der Waals surface area contributed by atoms with Crippen LogP contribution in [0.1, 0.15) is 11.6 Å². The fraction of sp³-hybridized carbons (Fsp3) is 0.0833. The van der Waals surface area contributed by atoms with Gasteiger partial charge in [-0.2, -0.15) is 0 Å². The van der Waals surface area contributed by atoms with E-state index in [1.807, 2.05) is 36.7 Å². The molecule has 3 nitrogen and oxygen atoms in total. The molecule has 3 rings (SSSR count). The quantitative estimate of drug-likeness (QED) is 0.719. The molecule has 0 aromatic carbocycles. The van der Waals surface area contributed by atoms with E-state index in [2.05, 4.69) is 25.3 Å². The van der Waals surface area contributed by atoms with Gasteiger partial charge in [0.2, 0.25) is 0 Å². The Labute approximate surface area is 101 Å². The molecule has 0 spiro atoms. The van der Waals surface area contributed by atoms with Gasteiger partial charge in [0, 0.05) is 10.7 Å². The van der Waals surface area contributed by atoms with Crippen LogP contribution in [0.25, 0.3) is 5.52 Å². The molecule has 0 saturated heterocycles. The number of rotatable bonds is 2. The van der Waals surface area contributed by atoms with E-state index in [0.29, 0.717) is 6.42 Å². The van der Waals surface area contributed by atoms with Crippen molar-refractivity contribution in [3.05, 3.63) is 59.0 Å². The number of imidazole rings is 1. The van der Waals surface area contributed by atoms with Crippen molar-refractivity contribution in [2.24, 2.45) is 0 Å². The fourth-order valence-electron chi connectivity index (χ4n) is 1.74. The van der Waals surface area contributed by atoms with Gasteiger partial charge in [0.1, 0.15) is 11.6 Å². The summed E-state index contributed by atoms with van der Waals surface area (Å²) in [6.07, 6.45) is 6.26. The smallest absolute Gasteiger partial charge is 0.120 e. The molecule has 0 amide bonds. The minimum absolute atomic E-state index is 0.706. The number of furan rings is 1. The Hall–Kier alpha value is -1.55. The average molecular weight is 277 g/mol. The van der Waals surface area contributed by atoms with Gasteiger partial charge in [0.25, 0.3) is 0 Å². The first kappa shape index (κ1) is 9.66. The third-order valence-corrected chi connectivity index (χ3v) is 3.18. The van der Waals surface area contributed by atoms with Crippen molar-refractivity contribution in [2.45, 2.75) is 6.42 Å². The number of hydrogen-bond donors (Lipinski definition) is 0. The third kappa shape index (κ3) is 1.55. The van der Waals surface area contributed by atoms with E-state index in [9.17, 15) is 0 Å². The van der Waals surface area contributed by atoms with Crippen LogP contribution in [0.4, 0.5) is 0 Å². The number of halogens is 1. The molecule has 3 aromatic heterocycles. The molecule has 0 atom stereocenters. The van der Waals surface area contributed by atoms with Crippen LogP contribution < -0.4 is 0 Å². The fourth-order valence-corrected chi connectivity index (χ4v) is 2.19. The topological polar surface area (TPSA) is 30.4 Å². The van der Waals surface area contributed by atoms with Crippen LogP contribution in [0.15, 0.2) is 51.8 Å². The maximum atomic E-state index is 5.32. The largest absolute Gasteiger partial charge is 0.469 e. The van der Waals surface area contributed by atoms with E-state index in [0.717, 1.165) is 21.6 Å². The number of hydrogen-bond acceptors (Lipinski definition) is 2. The molecule has 80 valence electrons. The second-order valence-corrected chi connectivity index (χ2v) is 4.40. The zero-order valence-electron chi connectivity index (χ0n) is 8.43. The highest BCUT2D eigenvalue weighted by atomic mass is 79.9. The van der Waals surface area contributed by atoms with Gasteiger partial charge in [-0.1, -0.05) is 0 Å². The summed E-state index contributed by atoms with van der Waals surface area (Å²) >= 11 is 3.50. The summed E-state index contributed by atoms with van der Waals surface area (Å²) in [7, 11) is 0. The van der Waals surface area contributed by atoms with Gasteiger partial charge in [-0.05, 0) is 40.2 Å². The molecule has 0 unspecified atom stereocenters. The Morgan fingerprint density at radius 1 is 1.31 bits per heavy atom. The summed E-state index contributed by atoms with van der Waals surface area (Å²) in [6, 6.07) is 7.85. The normalized spacial score (nSPS) is 11.1. The lowest BCUT2D eigenvalue weighted by Gasteiger charge is -2.00. The lowest BCUT2D eigenvalue weighted by molar-refractivity contribution is 0.516. The van der Waals surface area contributed by atoms with Gasteiger partial charge in [0.05, 0.1) is 24.4 Å². The van der Waals surface area contributed by atoms with Crippen LogP contribution in [0, 0.1) is 0 Å². The number of fused-ring (bicyclic) bond motifs is 1. The molecule has 3 heterocycles. The molecule has 0 aliphatic rings. The molecule has 0 fully saturated rings. The van der Waals surface area contributed by atoms with Gasteiger partial charge < -0.3 is 8.82 Å². The Morgan fingerprint density at radius 3 is 3.06 bits per heavy atom. The maximum absolute atomic E-state index is 5.32. The maximum Gasteiger partial charge on any atom is 0.120 e. The summed E-state index contributed by atoms with van der Waals surface area (Å²) in [5, 5.41) is 0. The Balaban J connectivity index is 2.08. The van der Waals surface area contributed by atoms with Crippen molar-refractivity contribution in [3.63, 3.8) is 0 Å². The van der Waals surface area contributed by atoms with E-state index < -0.39 is 0 Å². The first-order valence-corrected chi connectivity index (χ1v) is 5.77. The summed E-state index contributed by atoms with van der Waals surface area (Å²) < 4.78 is 8.43. The van der Waals surface area contributed by atoms with Gasteiger partial charge >= 0.3 is 0 Å². The highest BCUT2D eigenvalue weighted by molar-refractivity contribution is 9.10. The molecule has 0 saturated carbocycles. The van der Waals surface area contributed by atoms with E-state index in [1.165, 1.54) is 0 Å². The van der Waals surface area contributed by atoms with Crippen LogP contribution in [0.3, 0.4) is 0 Å². The van der Waals surface area contributed by atoms with Crippen molar-refractivity contribution in [1.29, 1.82) is 0 Å². The van der Waals surface area contributed by atoms with Crippen molar-refractivity contribution in [3.8, 4) is 0 Å². The average Bonchev–Trinajstić information content (AvgIpc) is 2.90. The predicted molar refractivity (Wildman–Crippen MR) is 64.4 cm³/mol. The summed E-state index contributed by atoms with van der Waals surface area (Å²) in [5.41, 5.74) is 1.07. The first-order valence-electron chi connectivity index (χ1n) is 4.97. The number of pyridine rings is 1. The number of nitrogens with zero attached hydrogens (tertiary/aromatic N) is 2. The SMILES string of the molecule is Brc1cccn2c(Cc3ccco3)ncc12. The summed E-state index contributed by atoms with van der Waals surface area (Å²) in [6.45, 7) is 0. The zero-order valence-corrected chi connectivity index (χ0v) is 10.0. The summed E-state index contributed by atoms with van der Waals surface area (Å²) in [4.78, 5) is 4.40. The molecule has 0 N–H and O–H groups in total. The van der Waals surface area contributed by atoms with E-state index in [4.69, 9.17) is 4.42 Å². The molecule has 4 heteroatoms. The Bertz CT molecular complexity index is 613. The van der Waals surface area contributed by atoms with Crippen molar-refractivity contribution >= 4 is 21.4 Å². The van der Waals surface area contributed by atoms with E-state index in [1.54, 1.807) is 6.26 Å². The second-order valence-electron chi connectivity index (χ2n) is 3.54. The molecule has 0 aliphatic heterocycles. The molecular formula is C12H9BrN2O. The van der Waals surface area contributed by atoms with Crippen LogP contribution in [-0.2, 0) is 6.42 Å². The van der Waals surface area contributed by atoms with Gasteiger partial charge in [0.15, 0.2) is 0 Å². The van der Waals surface area contributed by atoms with E-state index in [-0.39, 0.29) is 0 Å². The molecule has 0 radical (unpaired) electrons. The standard InChI is InChI=1S/C12H9BrN2O/c13-10-4-1-5-15-11(10)8-14-12(15)7-9-3-2-6-16-9/h1-6,8H,7H2. The predicted octanol–water partition coefficient (Wildman–Crippen LogP) is 3.28. The van der Waals surface area contributed by atoms with Crippen LogP contribution in [0.5, 0.6) is 0 Å². The first-order chi connectivity index (χ1) is 7.84. The highest BCUT2D eigenvalue weighted by Crippen LogP contribution is 2.19. The molecule has 0 bridgehead atoms. The van der Waals surface area contributed by atoms with Crippen LogP contribution in [0.2, 0.25) is 0 Å². The van der Waals surface area contributed by atoms with Crippen molar-refractivity contribution in [2.75, 3.05) is 0 Å². The minimum Gasteiger partial charge on any atom is -0.469 e. The van der Waals surface area contributed by atoms with Crippen molar-refractivity contribution in [1.82, 2.24) is 9.38 Å². The van der Waals surface area contributed by atoms with Crippen LogP contribution >= 0.6 is 15.9 Å². The monoisotopic (exact) mass is 276 g/mol. The minimum atomic E-state index is 0.706. The van der Waals surface area contributed by atoms with E-state index >= 15 is 0 Å². The summed E-state index contributed by atoms with van der Waals surface area (Å²) in [5.74, 6) is 1.90. The third-order valence-electron chi connectivity index (χ3n) is 2.51. The highest BCUT2D eigenvalue weighted by Gasteiger charge is 2.07. The van der Waals surface area contributed by atoms with Gasteiger partial charge in [-0.3, -0.25) is 0 Å².